The number of hydrogen-bond donors (Lipinski definition) is 1. The van der Waals surface area contributed by atoms with Crippen molar-refractivity contribution in [2.24, 2.45) is 0 Å². The zero-order chi connectivity index (χ0) is 26.5. The molecule has 0 radical (unpaired) electrons. The van der Waals surface area contributed by atoms with Crippen molar-refractivity contribution in [3.8, 4) is 5.75 Å². The van der Waals surface area contributed by atoms with Gasteiger partial charge in [-0.25, -0.2) is 13.1 Å². The van der Waals surface area contributed by atoms with E-state index in [0.29, 0.717) is 38.5 Å². The molecular weight excluding hydrogens is 524 g/mol. The molecule has 38 heavy (non-hydrogen) atoms. The molecule has 2 aromatic carbocycles. The van der Waals surface area contributed by atoms with Gasteiger partial charge in [0, 0.05) is 50.5 Å². The standard InChI is InChI=1S/C27H34N4O5S2/c1-35-24-8-7-22(38(33,34)28-9-4-10-29-15-17-36-18-16-29)20-23(24)30-11-13-31(14-12-30)27(32)26-19-21-5-2-3-6-25(21)37-26/h2-3,5-8,19-20,28H,4,9-18H2,1H3. The molecule has 2 aliphatic rings. The zero-order valence-corrected chi connectivity index (χ0v) is 23.2. The van der Waals surface area contributed by atoms with Crippen LogP contribution in [-0.4, -0.2) is 96.8 Å². The molecule has 3 aromatic rings. The number of piperazine rings is 1. The number of benzene rings is 2. The summed E-state index contributed by atoms with van der Waals surface area (Å²) >= 11 is 1.52. The lowest BCUT2D eigenvalue weighted by Gasteiger charge is -2.36. The summed E-state index contributed by atoms with van der Waals surface area (Å²) in [6.45, 7) is 6.72. The number of ether oxygens (including phenoxy) is 2. The first kappa shape index (κ1) is 26.9. The largest absolute Gasteiger partial charge is 0.495 e. The van der Waals surface area contributed by atoms with Crippen LogP contribution >= 0.6 is 11.3 Å². The zero-order valence-electron chi connectivity index (χ0n) is 21.6. The quantitative estimate of drug-likeness (QED) is 0.404. The molecule has 0 atom stereocenters. The summed E-state index contributed by atoms with van der Waals surface area (Å²) in [5.41, 5.74) is 0.720. The smallest absolute Gasteiger partial charge is 0.264 e. The Bertz CT molecular complexity index is 1330. The summed E-state index contributed by atoms with van der Waals surface area (Å²) in [6.07, 6.45) is 0.734. The lowest BCUT2D eigenvalue weighted by Crippen LogP contribution is -2.48. The average molecular weight is 559 g/mol. The number of nitrogens with one attached hydrogen (secondary N) is 1. The van der Waals surface area contributed by atoms with E-state index in [0.717, 1.165) is 59.9 Å². The van der Waals surface area contributed by atoms with Gasteiger partial charge in [0.2, 0.25) is 10.0 Å². The molecule has 0 spiro atoms. The number of carbonyl (C=O) groups is 1. The van der Waals surface area contributed by atoms with Crippen molar-refractivity contribution in [2.45, 2.75) is 11.3 Å². The van der Waals surface area contributed by atoms with Crippen LogP contribution in [0.15, 0.2) is 53.4 Å². The maximum atomic E-state index is 13.1. The Kier molecular flexibility index (Phi) is 8.49. The highest BCUT2D eigenvalue weighted by Crippen LogP contribution is 2.32. The van der Waals surface area contributed by atoms with Crippen molar-refractivity contribution in [3.63, 3.8) is 0 Å². The number of thiophene rings is 1. The van der Waals surface area contributed by atoms with E-state index in [1.54, 1.807) is 25.3 Å². The number of rotatable bonds is 9. The first-order valence-corrected chi connectivity index (χ1v) is 15.3. The molecule has 11 heteroatoms. The maximum Gasteiger partial charge on any atom is 0.264 e. The second-order valence-corrected chi connectivity index (χ2v) is 12.3. The van der Waals surface area contributed by atoms with Gasteiger partial charge in [0.1, 0.15) is 5.75 Å². The number of nitrogens with zero attached hydrogens (tertiary/aromatic N) is 3. The van der Waals surface area contributed by atoms with Crippen molar-refractivity contribution in [1.82, 2.24) is 14.5 Å². The van der Waals surface area contributed by atoms with Crippen LogP contribution in [0, 0.1) is 0 Å². The third kappa shape index (κ3) is 6.13. The van der Waals surface area contributed by atoms with Crippen LogP contribution in [-0.2, 0) is 14.8 Å². The van der Waals surface area contributed by atoms with Gasteiger partial charge < -0.3 is 19.3 Å². The molecule has 1 aromatic heterocycles. The second-order valence-electron chi connectivity index (χ2n) is 9.47. The molecule has 0 bridgehead atoms. The second kappa shape index (κ2) is 12.0. The molecule has 2 aliphatic heterocycles. The van der Waals surface area contributed by atoms with Crippen LogP contribution in [0.5, 0.6) is 5.75 Å². The SMILES string of the molecule is COc1ccc(S(=O)(=O)NCCCN2CCOCC2)cc1N1CCN(C(=O)c2cc3ccccc3s2)CC1. The molecule has 0 saturated carbocycles. The first-order chi connectivity index (χ1) is 18.4. The predicted molar refractivity (Wildman–Crippen MR) is 150 cm³/mol. The first-order valence-electron chi connectivity index (χ1n) is 13.0. The summed E-state index contributed by atoms with van der Waals surface area (Å²) in [7, 11) is -2.08. The van der Waals surface area contributed by atoms with E-state index in [9.17, 15) is 13.2 Å². The van der Waals surface area contributed by atoms with Gasteiger partial charge in [-0.1, -0.05) is 18.2 Å². The number of methoxy groups -OCH3 is 1. The number of anilines is 1. The Morgan fingerprint density at radius 2 is 1.79 bits per heavy atom. The van der Waals surface area contributed by atoms with E-state index >= 15 is 0 Å². The van der Waals surface area contributed by atoms with E-state index in [1.165, 1.54) is 11.3 Å². The number of hydrogen-bond acceptors (Lipinski definition) is 8. The molecule has 0 aliphatic carbocycles. The summed E-state index contributed by atoms with van der Waals surface area (Å²) in [4.78, 5) is 20.3. The molecule has 3 heterocycles. The number of carbonyl (C=O) groups excluding carboxylic acids is 1. The third-order valence-electron chi connectivity index (χ3n) is 7.05. The van der Waals surface area contributed by atoms with Crippen molar-refractivity contribution in [2.75, 3.05) is 77.6 Å². The number of sulfonamides is 1. The van der Waals surface area contributed by atoms with Crippen LogP contribution in [0.1, 0.15) is 16.1 Å². The lowest BCUT2D eigenvalue weighted by atomic mass is 10.2. The molecule has 1 amide bonds. The van der Waals surface area contributed by atoms with Crippen molar-refractivity contribution in [3.05, 3.63) is 53.4 Å². The van der Waals surface area contributed by atoms with E-state index in [1.807, 2.05) is 35.2 Å². The van der Waals surface area contributed by atoms with Crippen LogP contribution in [0.4, 0.5) is 5.69 Å². The van der Waals surface area contributed by atoms with Gasteiger partial charge in [-0.3, -0.25) is 9.69 Å². The Morgan fingerprint density at radius 3 is 2.53 bits per heavy atom. The van der Waals surface area contributed by atoms with Crippen molar-refractivity contribution < 1.29 is 22.7 Å². The van der Waals surface area contributed by atoms with Crippen LogP contribution in [0.3, 0.4) is 0 Å². The Hall–Kier alpha value is -2.70. The highest BCUT2D eigenvalue weighted by molar-refractivity contribution is 7.89. The summed E-state index contributed by atoms with van der Waals surface area (Å²) in [6, 6.07) is 14.9. The van der Waals surface area contributed by atoms with Gasteiger partial charge in [-0.15, -0.1) is 11.3 Å². The lowest BCUT2D eigenvalue weighted by molar-refractivity contribution is 0.0376. The molecule has 9 nitrogen and oxygen atoms in total. The van der Waals surface area contributed by atoms with Gasteiger partial charge in [0.05, 0.1) is 35.8 Å². The maximum absolute atomic E-state index is 13.1. The van der Waals surface area contributed by atoms with Gasteiger partial charge in [-0.2, -0.15) is 0 Å². The normalized spacial score (nSPS) is 17.2. The summed E-state index contributed by atoms with van der Waals surface area (Å²) in [5.74, 6) is 0.649. The average Bonchev–Trinajstić information content (AvgIpc) is 3.40. The topological polar surface area (TPSA) is 91.4 Å². The van der Waals surface area contributed by atoms with E-state index < -0.39 is 10.0 Å². The third-order valence-corrected chi connectivity index (χ3v) is 9.61. The Balaban J connectivity index is 1.21. The van der Waals surface area contributed by atoms with Gasteiger partial charge in [0.25, 0.3) is 5.91 Å². The fraction of sp³-hybridized carbons (Fsp3) is 0.444. The van der Waals surface area contributed by atoms with Crippen LogP contribution in [0.2, 0.25) is 0 Å². The van der Waals surface area contributed by atoms with Crippen LogP contribution in [0.25, 0.3) is 10.1 Å². The highest BCUT2D eigenvalue weighted by Gasteiger charge is 2.26. The minimum atomic E-state index is -3.66. The summed E-state index contributed by atoms with van der Waals surface area (Å²) < 4.78 is 40.8. The number of fused-ring (bicyclic) bond motifs is 1. The predicted octanol–water partition coefficient (Wildman–Crippen LogP) is 2.87. The fourth-order valence-corrected chi connectivity index (χ4v) is 7.02. The van der Waals surface area contributed by atoms with E-state index in [-0.39, 0.29) is 10.8 Å². The Labute approximate surface area is 228 Å². The number of morpholine rings is 1. The fourth-order valence-electron chi connectivity index (χ4n) is 4.89. The summed E-state index contributed by atoms with van der Waals surface area (Å²) in [5, 5.41) is 1.08. The molecule has 2 saturated heterocycles. The molecule has 1 N–H and O–H groups in total. The van der Waals surface area contributed by atoms with E-state index in [2.05, 4.69) is 14.5 Å². The van der Waals surface area contributed by atoms with E-state index in [4.69, 9.17) is 9.47 Å². The Morgan fingerprint density at radius 1 is 1.03 bits per heavy atom. The minimum Gasteiger partial charge on any atom is -0.495 e. The van der Waals surface area contributed by atoms with Crippen molar-refractivity contribution in [1.29, 1.82) is 0 Å². The number of amides is 1. The molecular formula is C27H34N4O5S2. The molecule has 5 rings (SSSR count). The van der Waals surface area contributed by atoms with Gasteiger partial charge >= 0.3 is 0 Å². The van der Waals surface area contributed by atoms with Gasteiger partial charge in [-0.05, 0) is 48.7 Å². The highest BCUT2D eigenvalue weighted by atomic mass is 32.2. The van der Waals surface area contributed by atoms with Gasteiger partial charge in [0.15, 0.2) is 0 Å². The molecule has 204 valence electrons. The van der Waals surface area contributed by atoms with Crippen molar-refractivity contribution >= 4 is 43.0 Å². The minimum absolute atomic E-state index is 0.0374. The molecule has 2 fully saturated rings. The van der Waals surface area contributed by atoms with Crippen LogP contribution < -0.4 is 14.4 Å². The monoisotopic (exact) mass is 558 g/mol. The molecule has 0 unspecified atom stereocenters.